The van der Waals surface area contributed by atoms with Gasteiger partial charge in [-0.3, -0.25) is 0 Å². The van der Waals surface area contributed by atoms with Crippen LogP contribution in [0.25, 0.3) is 66.1 Å². The van der Waals surface area contributed by atoms with E-state index in [0.29, 0.717) is 0 Å². The standard InChI is InChI=1S/C55H35N2OP/c58-59(39-18-5-2-6-19-39)52-29-14-10-24-45(52)55(44-23-9-13-28-51(44)57-49-27-12-7-20-40(49)42-22-15-25-47(55)54(42)57)46-32-30-37(35-53(46)59)36-31-33-50-43(34-36)41-21-8-11-26-48(41)56(50)38-16-3-1-4-17-38/h1-35H. The van der Waals surface area contributed by atoms with Gasteiger partial charge in [-0.2, -0.15) is 0 Å². The fourth-order valence-electron chi connectivity index (χ4n) is 10.8. The smallest absolute Gasteiger partial charge is 0.171 e. The molecule has 13 rings (SSSR count). The fraction of sp³-hybridized carbons (Fsp3) is 0.0182. The van der Waals surface area contributed by atoms with Gasteiger partial charge in [-0.05, 0) is 81.9 Å². The van der Waals surface area contributed by atoms with E-state index in [-0.39, 0.29) is 0 Å². The van der Waals surface area contributed by atoms with Gasteiger partial charge in [0.05, 0.1) is 33.2 Å². The van der Waals surface area contributed by atoms with Gasteiger partial charge in [0.25, 0.3) is 0 Å². The molecular weight excluding hydrogens is 736 g/mol. The summed E-state index contributed by atoms with van der Waals surface area (Å²) in [6, 6.07) is 76.1. The second-order valence-electron chi connectivity index (χ2n) is 15.9. The Bertz CT molecular complexity index is 3600. The molecule has 2 unspecified atom stereocenters. The van der Waals surface area contributed by atoms with E-state index in [1.165, 1.54) is 49.2 Å². The molecule has 0 amide bonds. The lowest BCUT2D eigenvalue weighted by molar-refractivity contribution is 0.590. The molecule has 1 spiro atoms. The number of aromatic nitrogens is 2. The zero-order valence-electron chi connectivity index (χ0n) is 32.0. The lowest BCUT2D eigenvalue weighted by Gasteiger charge is -2.47. The van der Waals surface area contributed by atoms with Crippen molar-refractivity contribution >= 4 is 66.7 Å². The van der Waals surface area contributed by atoms with E-state index >= 15 is 4.57 Å². The number of nitrogens with zero attached hydrogens (tertiary/aromatic N) is 2. The summed E-state index contributed by atoms with van der Waals surface area (Å²) in [5.74, 6) is 0. The van der Waals surface area contributed by atoms with Crippen molar-refractivity contribution in [2.45, 2.75) is 5.41 Å². The van der Waals surface area contributed by atoms with Crippen LogP contribution in [0.15, 0.2) is 212 Å². The molecule has 4 heteroatoms. The predicted molar refractivity (Wildman–Crippen MR) is 245 cm³/mol. The predicted octanol–water partition coefficient (Wildman–Crippen LogP) is 12.2. The maximum Gasteiger partial charge on any atom is 0.171 e. The summed E-state index contributed by atoms with van der Waals surface area (Å²) in [4.78, 5) is 0. The minimum atomic E-state index is -3.42. The number of hydrogen-bond donors (Lipinski definition) is 0. The Morgan fingerprint density at radius 2 is 0.932 bits per heavy atom. The van der Waals surface area contributed by atoms with Gasteiger partial charge in [0.15, 0.2) is 7.14 Å². The second kappa shape index (κ2) is 11.9. The van der Waals surface area contributed by atoms with Crippen LogP contribution >= 0.6 is 7.14 Å². The molecule has 0 bridgehead atoms. The Hall–Kier alpha value is -7.19. The first-order chi connectivity index (χ1) is 29.2. The molecule has 0 radical (unpaired) electrons. The van der Waals surface area contributed by atoms with E-state index < -0.39 is 12.6 Å². The first kappa shape index (κ1) is 32.8. The van der Waals surface area contributed by atoms with Crippen molar-refractivity contribution in [1.82, 2.24) is 9.13 Å². The topological polar surface area (TPSA) is 26.9 Å². The van der Waals surface area contributed by atoms with E-state index in [0.717, 1.165) is 55.1 Å². The minimum absolute atomic E-state index is 0.735. The quantitative estimate of drug-likeness (QED) is 0.164. The van der Waals surface area contributed by atoms with Crippen LogP contribution in [0.1, 0.15) is 22.3 Å². The van der Waals surface area contributed by atoms with Crippen molar-refractivity contribution in [2.75, 3.05) is 0 Å². The molecule has 2 atom stereocenters. The molecule has 11 aromatic rings. The maximum absolute atomic E-state index is 16.8. The van der Waals surface area contributed by atoms with Crippen LogP contribution in [-0.4, -0.2) is 9.13 Å². The Balaban J connectivity index is 1.15. The highest BCUT2D eigenvalue weighted by atomic mass is 31.2. The van der Waals surface area contributed by atoms with Crippen molar-refractivity contribution < 1.29 is 4.57 Å². The zero-order valence-corrected chi connectivity index (χ0v) is 32.9. The summed E-state index contributed by atoms with van der Waals surface area (Å²) in [5, 5.41) is 7.48. The molecule has 4 heterocycles. The van der Waals surface area contributed by atoms with Crippen LogP contribution in [0, 0.1) is 0 Å². The summed E-state index contributed by atoms with van der Waals surface area (Å²) >= 11 is 0. The summed E-state index contributed by atoms with van der Waals surface area (Å²) in [6.07, 6.45) is 0. The van der Waals surface area contributed by atoms with Crippen LogP contribution < -0.4 is 15.9 Å². The minimum Gasteiger partial charge on any atom is -0.309 e. The van der Waals surface area contributed by atoms with E-state index in [1.807, 2.05) is 18.2 Å². The van der Waals surface area contributed by atoms with Crippen molar-refractivity contribution in [3.05, 3.63) is 235 Å². The van der Waals surface area contributed by atoms with Gasteiger partial charge in [-0.25, -0.2) is 0 Å². The highest BCUT2D eigenvalue weighted by Crippen LogP contribution is 2.61. The summed E-state index contributed by atoms with van der Waals surface area (Å²) in [5.41, 5.74) is 13.0. The third-order valence-corrected chi connectivity index (χ3v) is 16.3. The summed E-state index contributed by atoms with van der Waals surface area (Å²) < 4.78 is 21.6. The van der Waals surface area contributed by atoms with E-state index in [2.05, 4.69) is 203 Å². The van der Waals surface area contributed by atoms with Crippen LogP contribution in [0.5, 0.6) is 0 Å². The van der Waals surface area contributed by atoms with Gasteiger partial charge < -0.3 is 13.7 Å². The zero-order chi connectivity index (χ0) is 38.9. The van der Waals surface area contributed by atoms with Gasteiger partial charge in [0, 0.05) is 43.1 Å². The molecule has 0 aliphatic carbocycles. The largest absolute Gasteiger partial charge is 0.309 e. The summed E-state index contributed by atoms with van der Waals surface area (Å²) in [6.45, 7) is 0. The Kier molecular flexibility index (Phi) is 6.64. The third-order valence-electron chi connectivity index (χ3n) is 13.2. The average Bonchev–Trinajstić information content (AvgIpc) is 3.83. The number of benzene rings is 9. The van der Waals surface area contributed by atoms with Gasteiger partial charge in [-0.15, -0.1) is 0 Å². The molecule has 59 heavy (non-hydrogen) atoms. The van der Waals surface area contributed by atoms with Crippen molar-refractivity contribution in [3.63, 3.8) is 0 Å². The highest BCUT2D eigenvalue weighted by molar-refractivity contribution is 7.85. The number of hydrogen-bond acceptors (Lipinski definition) is 1. The van der Waals surface area contributed by atoms with Crippen molar-refractivity contribution in [1.29, 1.82) is 0 Å². The second-order valence-corrected chi connectivity index (χ2v) is 18.6. The van der Waals surface area contributed by atoms with E-state index in [1.54, 1.807) is 0 Å². The Morgan fingerprint density at radius 1 is 0.373 bits per heavy atom. The molecule has 0 N–H and O–H groups in total. The Morgan fingerprint density at radius 3 is 1.75 bits per heavy atom. The normalized spacial score (nSPS) is 17.7. The van der Waals surface area contributed by atoms with Crippen LogP contribution in [0.4, 0.5) is 0 Å². The first-order valence-corrected chi connectivity index (χ1v) is 22.0. The summed E-state index contributed by atoms with van der Waals surface area (Å²) in [7, 11) is -3.42. The van der Waals surface area contributed by atoms with Gasteiger partial charge in [-0.1, -0.05) is 164 Å². The average molecular weight is 771 g/mol. The fourth-order valence-corrected chi connectivity index (χ4v) is 14.0. The molecule has 0 saturated carbocycles. The third kappa shape index (κ3) is 4.15. The lowest BCUT2D eigenvalue weighted by atomic mass is 9.62. The SMILES string of the molecule is O=P1(c2ccccc2)c2ccccc2C2(c3ccccc3-n3c4ccccc4c4cccc2c43)c2ccc(-c3ccc4c(c3)c3ccccc3n4-c3ccccc3)cc21. The molecule has 3 nitrogen and oxygen atoms in total. The maximum atomic E-state index is 16.8. The molecule has 276 valence electrons. The molecular formula is C55H35N2OP. The molecule has 0 saturated heterocycles. The first-order valence-electron chi connectivity index (χ1n) is 20.3. The monoisotopic (exact) mass is 770 g/mol. The molecule has 9 aromatic carbocycles. The molecule has 2 aliphatic heterocycles. The van der Waals surface area contributed by atoms with E-state index in [4.69, 9.17) is 0 Å². The lowest BCUT2D eigenvalue weighted by Crippen LogP contribution is -2.48. The van der Waals surface area contributed by atoms with Gasteiger partial charge in [0.1, 0.15) is 0 Å². The number of fused-ring (bicyclic) bond motifs is 14. The highest BCUT2D eigenvalue weighted by Gasteiger charge is 2.54. The van der Waals surface area contributed by atoms with Crippen molar-refractivity contribution in [2.24, 2.45) is 0 Å². The van der Waals surface area contributed by atoms with Crippen LogP contribution in [0.3, 0.4) is 0 Å². The number of rotatable bonds is 3. The van der Waals surface area contributed by atoms with Crippen LogP contribution in [0.2, 0.25) is 0 Å². The molecule has 2 aromatic heterocycles. The van der Waals surface area contributed by atoms with Gasteiger partial charge in [0.2, 0.25) is 0 Å². The van der Waals surface area contributed by atoms with Crippen molar-refractivity contribution in [3.8, 4) is 22.5 Å². The van der Waals surface area contributed by atoms with Crippen LogP contribution in [-0.2, 0) is 9.98 Å². The molecule has 0 fully saturated rings. The van der Waals surface area contributed by atoms with Gasteiger partial charge >= 0.3 is 0 Å². The van der Waals surface area contributed by atoms with E-state index in [9.17, 15) is 0 Å². The molecule has 2 aliphatic rings. The Labute approximate surface area is 341 Å². The number of para-hydroxylation sites is 5.